The molecule has 1 aromatic heterocycles. The molecule has 0 radical (unpaired) electrons. The Balaban J connectivity index is 0.00000481. The summed E-state index contributed by atoms with van der Waals surface area (Å²) in [6.45, 7) is 13.0. The van der Waals surface area contributed by atoms with Crippen molar-refractivity contribution in [2.45, 2.75) is 58.9 Å². The molecule has 202 valence electrons. The molecule has 0 saturated carbocycles. The number of nitrogens with zero attached hydrogens (tertiary/aromatic N) is 4. The van der Waals surface area contributed by atoms with Crippen molar-refractivity contribution >= 4 is 38.4 Å². The molecule has 0 unspecified atom stereocenters. The smallest absolute Gasteiger partial charge is 0.319 e. The summed E-state index contributed by atoms with van der Waals surface area (Å²) in [4.78, 5) is 12.3. The molecule has 37 heavy (non-hydrogen) atoms. The monoisotopic (exact) mass is 592 g/mol. The number of azo groups is 1. The van der Waals surface area contributed by atoms with Crippen LogP contribution in [0.25, 0.3) is 10.9 Å². The van der Waals surface area contributed by atoms with Crippen LogP contribution in [0.4, 0.5) is 5.69 Å². The topological polar surface area (TPSA) is 87.2 Å². The zero-order chi connectivity index (χ0) is 27.2. The molecule has 0 aliphatic heterocycles. The molecule has 9 heteroatoms. The van der Waals surface area contributed by atoms with E-state index in [1.54, 1.807) is 4.57 Å². The molecule has 0 aliphatic carbocycles. The van der Waals surface area contributed by atoms with E-state index >= 15 is 0 Å². The second-order valence-electron chi connectivity index (χ2n) is 12.5. The van der Waals surface area contributed by atoms with Gasteiger partial charge in [-0.3, -0.25) is 4.79 Å². The highest BCUT2D eigenvalue weighted by molar-refractivity contribution is 9.10. The molecule has 2 aromatic carbocycles. The Kier molecular flexibility index (Phi) is 8.95. The molecule has 1 heterocycles. The number of hydrogen-bond acceptors (Lipinski definition) is 4. The quantitative estimate of drug-likeness (QED) is 0.349. The van der Waals surface area contributed by atoms with Gasteiger partial charge >= 0.3 is 5.91 Å². The fourth-order valence-electron chi connectivity index (χ4n) is 4.21. The first kappa shape index (κ1) is 30.8. The number of amides is 1. The van der Waals surface area contributed by atoms with Crippen molar-refractivity contribution in [2.75, 3.05) is 27.7 Å². The average molecular weight is 594 g/mol. The molecule has 0 bridgehead atoms. The standard InChI is InChI=1S/C28H37BrN4O3.ClH/c1-27(2,3)20-12-17(13-21(25(20)35)28(4,5)6)15-32-22-11-10-18(29)14-19(22)24(26(32)36)31-30-23(34)16-33(7,8)9;/h10-14H,15-16H2,1-9H3,(H-,30,34,35,36);1H. The third-order valence-electron chi connectivity index (χ3n) is 5.97. The minimum atomic E-state index is -0.360. The van der Waals surface area contributed by atoms with Gasteiger partial charge in [-0.25, -0.2) is 0 Å². The van der Waals surface area contributed by atoms with Crippen LogP contribution in [-0.4, -0.2) is 52.9 Å². The predicted molar refractivity (Wildman–Crippen MR) is 148 cm³/mol. The maximum absolute atomic E-state index is 12.3. The Morgan fingerprint density at radius 3 is 2.00 bits per heavy atom. The molecule has 0 spiro atoms. The van der Waals surface area contributed by atoms with Crippen LogP contribution >= 0.6 is 15.9 Å². The molecular weight excluding hydrogens is 556 g/mol. The highest BCUT2D eigenvalue weighted by Crippen LogP contribution is 2.43. The summed E-state index contributed by atoms with van der Waals surface area (Å²) in [5.41, 5.74) is 3.15. The average Bonchev–Trinajstić information content (AvgIpc) is 2.95. The summed E-state index contributed by atoms with van der Waals surface area (Å²) >= 11 is 3.50. The SMILES string of the molecule is CC(C)(C)c1cc(Cn2c(O)c(N=NC(=O)C[N+](C)(C)C)c3cc(Br)ccc32)cc(C(C)(C)C)c1O.[Cl-]. The van der Waals surface area contributed by atoms with Crippen LogP contribution in [-0.2, 0) is 22.2 Å². The number of halogens is 2. The number of hydrogen-bond donors (Lipinski definition) is 2. The van der Waals surface area contributed by atoms with Gasteiger partial charge < -0.3 is 31.7 Å². The number of aromatic nitrogens is 1. The van der Waals surface area contributed by atoms with Crippen LogP contribution in [0.5, 0.6) is 11.6 Å². The van der Waals surface area contributed by atoms with Crippen molar-refractivity contribution in [1.29, 1.82) is 0 Å². The van der Waals surface area contributed by atoms with E-state index in [4.69, 9.17) is 0 Å². The van der Waals surface area contributed by atoms with Gasteiger partial charge in [-0.15, -0.1) is 10.2 Å². The molecule has 0 fully saturated rings. The number of carbonyl (C=O) groups is 1. The summed E-state index contributed by atoms with van der Waals surface area (Å²) in [5.74, 6) is -0.108. The number of rotatable bonds is 5. The van der Waals surface area contributed by atoms with Crippen molar-refractivity contribution in [3.8, 4) is 11.6 Å². The summed E-state index contributed by atoms with van der Waals surface area (Å²) in [6, 6.07) is 9.67. The Labute approximate surface area is 234 Å². The number of phenols is 1. The Morgan fingerprint density at radius 2 is 1.51 bits per heavy atom. The summed E-state index contributed by atoms with van der Waals surface area (Å²) in [5, 5.41) is 31.1. The van der Waals surface area contributed by atoms with Crippen LogP contribution in [0.3, 0.4) is 0 Å². The Hall–Kier alpha value is -2.42. The lowest BCUT2D eigenvalue weighted by atomic mass is 9.78. The first-order chi connectivity index (χ1) is 16.4. The summed E-state index contributed by atoms with van der Waals surface area (Å²) in [6.07, 6.45) is 0. The number of carbonyl (C=O) groups excluding carboxylic acids is 1. The zero-order valence-corrected chi connectivity index (χ0v) is 25.5. The van der Waals surface area contributed by atoms with E-state index in [1.807, 2.05) is 51.5 Å². The van der Waals surface area contributed by atoms with Crippen LogP contribution in [0.15, 0.2) is 45.0 Å². The number of aromatic hydroxyl groups is 2. The van der Waals surface area contributed by atoms with Crippen molar-refractivity contribution in [3.63, 3.8) is 0 Å². The van der Waals surface area contributed by atoms with Gasteiger partial charge in [0.1, 0.15) is 5.75 Å². The van der Waals surface area contributed by atoms with E-state index in [9.17, 15) is 15.0 Å². The highest BCUT2D eigenvalue weighted by Gasteiger charge is 2.27. The lowest BCUT2D eigenvalue weighted by Crippen LogP contribution is -3.00. The van der Waals surface area contributed by atoms with E-state index in [-0.39, 0.29) is 47.3 Å². The van der Waals surface area contributed by atoms with Crippen molar-refractivity contribution in [2.24, 2.45) is 10.2 Å². The van der Waals surface area contributed by atoms with Crippen LogP contribution in [0, 0.1) is 0 Å². The van der Waals surface area contributed by atoms with Gasteiger partial charge in [-0.05, 0) is 57.9 Å². The minimum absolute atomic E-state index is 0. The first-order valence-electron chi connectivity index (χ1n) is 12.0. The van der Waals surface area contributed by atoms with Gasteiger partial charge in [0.15, 0.2) is 12.2 Å². The first-order valence-corrected chi connectivity index (χ1v) is 12.8. The Bertz CT molecular complexity index is 1310. The van der Waals surface area contributed by atoms with Crippen LogP contribution in [0.1, 0.15) is 58.2 Å². The van der Waals surface area contributed by atoms with Crippen molar-refractivity contribution < 1.29 is 31.9 Å². The summed E-state index contributed by atoms with van der Waals surface area (Å²) < 4.78 is 3.03. The third-order valence-corrected chi connectivity index (χ3v) is 6.46. The molecular formula is C28H38BrClN4O3. The molecule has 1 amide bonds. The highest BCUT2D eigenvalue weighted by atomic mass is 79.9. The fraction of sp³-hybridized carbons (Fsp3) is 0.464. The number of phenolic OH excluding ortho intramolecular Hbond substituents is 1. The largest absolute Gasteiger partial charge is 1.00 e. The number of likely N-dealkylation sites (N-methyl/N-ethyl adjacent to an activating group) is 1. The number of benzene rings is 2. The van der Waals surface area contributed by atoms with Gasteiger partial charge in [0.2, 0.25) is 5.88 Å². The lowest BCUT2D eigenvalue weighted by molar-refractivity contribution is -0.862. The van der Waals surface area contributed by atoms with E-state index in [0.29, 0.717) is 22.2 Å². The normalized spacial score (nSPS) is 12.8. The fourth-order valence-corrected chi connectivity index (χ4v) is 4.57. The van der Waals surface area contributed by atoms with E-state index < -0.39 is 0 Å². The number of fused-ring (bicyclic) bond motifs is 1. The van der Waals surface area contributed by atoms with Crippen LogP contribution < -0.4 is 12.4 Å². The van der Waals surface area contributed by atoms with E-state index in [0.717, 1.165) is 26.7 Å². The second kappa shape index (κ2) is 10.8. The molecule has 7 nitrogen and oxygen atoms in total. The van der Waals surface area contributed by atoms with Gasteiger partial charge in [-0.1, -0.05) is 57.5 Å². The van der Waals surface area contributed by atoms with Gasteiger partial charge in [0.25, 0.3) is 0 Å². The minimum Gasteiger partial charge on any atom is -1.00 e. The third kappa shape index (κ3) is 7.12. The van der Waals surface area contributed by atoms with Gasteiger partial charge in [0.05, 0.1) is 33.2 Å². The lowest BCUT2D eigenvalue weighted by Gasteiger charge is -2.28. The molecule has 3 rings (SSSR count). The maximum atomic E-state index is 12.3. The zero-order valence-electron chi connectivity index (χ0n) is 23.1. The molecule has 0 saturated heterocycles. The van der Waals surface area contributed by atoms with Crippen LogP contribution in [0.2, 0.25) is 0 Å². The molecule has 0 atom stereocenters. The summed E-state index contributed by atoms with van der Waals surface area (Å²) in [7, 11) is 5.72. The van der Waals surface area contributed by atoms with Gasteiger partial charge in [-0.2, -0.15) is 0 Å². The second-order valence-corrected chi connectivity index (χ2v) is 13.4. The molecule has 2 N–H and O–H groups in total. The Morgan fingerprint density at radius 1 is 0.973 bits per heavy atom. The molecule has 3 aromatic rings. The van der Waals surface area contributed by atoms with E-state index in [1.165, 1.54) is 0 Å². The van der Waals surface area contributed by atoms with Gasteiger partial charge in [0, 0.05) is 9.86 Å². The van der Waals surface area contributed by atoms with Crippen molar-refractivity contribution in [1.82, 2.24) is 4.57 Å². The predicted octanol–water partition coefficient (Wildman–Crippen LogP) is 3.78. The van der Waals surface area contributed by atoms with E-state index in [2.05, 4.69) is 67.7 Å². The number of quaternary nitrogens is 1. The van der Waals surface area contributed by atoms with Crippen molar-refractivity contribution in [3.05, 3.63) is 51.5 Å². The molecule has 0 aliphatic rings. The maximum Gasteiger partial charge on any atom is 0.319 e.